The van der Waals surface area contributed by atoms with Gasteiger partial charge in [-0.05, 0) is 82.3 Å². The molecule has 0 saturated heterocycles. The van der Waals surface area contributed by atoms with Gasteiger partial charge in [0.25, 0.3) is 5.91 Å². The Bertz CT molecular complexity index is 1120. The van der Waals surface area contributed by atoms with Gasteiger partial charge >= 0.3 is 0 Å². The van der Waals surface area contributed by atoms with E-state index in [1.807, 2.05) is 84.9 Å². The molecule has 4 rings (SSSR count). The van der Waals surface area contributed by atoms with Crippen LogP contribution in [0.4, 0.5) is 5.69 Å². The Labute approximate surface area is 188 Å². The molecule has 0 N–H and O–H groups in total. The van der Waals surface area contributed by atoms with Gasteiger partial charge in [0, 0.05) is 14.2 Å². The highest BCUT2D eigenvalue weighted by atomic mass is 127. The number of methoxy groups -OCH3 is 1. The van der Waals surface area contributed by atoms with Gasteiger partial charge < -0.3 is 4.74 Å². The maximum Gasteiger partial charge on any atom is 0.262 e. The number of hydrogen-bond acceptors (Lipinski definition) is 2. The molecule has 0 bridgehead atoms. The van der Waals surface area contributed by atoms with Crippen molar-refractivity contribution >= 4 is 57.6 Å². The van der Waals surface area contributed by atoms with Gasteiger partial charge in [-0.25, -0.2) is 0 Å². The summed E-state index contributed by atoms with van der Waals surface area (Å²) in [6, 6.07) is 23.0. The van der Waals surface area contributed by atoms with Crippen LogP contribution in [0.2, 0.25) is 5.02 Å². The van der Waals surface area contributed by atoms with Crippen molar-refractivity contribution in [2.75, 3.05) is 12.0 Å². The molecule has 1 amide bonds. The highest BCUT2D eigenvalue weighted by Gasteiger charge is 2.31. The Morgan fingerprint density at radius 2 is 1.66 bits per heavy atom. The van der Waals surface area contributed by atoms with E-state index in [1.54, 1.807) is 12.0 Å². The molecule has 3 aromatic rings. The van der Waals surface area contributed by atoms with Crippen molar-refractivity contribution in [1.29, 1.82) is 0 Å². The van der Waals surface area contributed by atoms with E-state index in [4.69, 9.17) is 16.3 Å². The molecule has 5 heteroatoms. The minimum atomic E-state index is -0.0603. The van der Waals surface area contributed by atoms with Gasteiger partial charge in [-0.1, -0.05) is 48.0 Å². The number of rotatable bonds is 4. The third-order valence-corrected chi connectivity index (χ3v) is 5.82. The van der Waals surface area contributed by atoms with Crippen molar-refractivity contribution in [2.24, 2.45) is 0 Å². The average molecular weight is 514 g/mol. The summed E-state index contributed by atoms with van der Waals surface area (Å²) in [6.07, 6.45) is 3.83. The number of carbonyl (C=O) groups is 1. The maximum atomic E-state index is 13.4. The fourth-order valence-electron chi connectivity index (χ4n) is 3.20. The first-order valence-electron chi connectivity index (χ1n) is 8.99. The van der Waals surface area contributed by atoms with Crippen molar-refractivity contribution in [3.8, 4) is 5.75 Å². The lowest BCUT2D eigenvalue weighted by Crippen LogP contribution is -2.25. The number of halogens is 2. The van der Waals surface area contributed by atoms with Crippen molar-refractivity contribution in [3.63, 3.8) is 0 Å². The quantitative estimate of drug-likeness (QED) is 0.297. The Morgan fingerprint density at radius 3 is 2.31 bits per heavy atom. The molecular weight excluding hydrogens is 497 g/mol. The van der Waals surface area contributed by atoms with E-state index < -0.39 is 0 Å². The molecule has 0 unspecified atom stereocenters. The van der Waals surface area contributed by atoms with Gasteiger partial charge in [0.2, 0.25) is 0 Å². The third kappa shape index (κ3) is 4.09. The van der Waals surface area contributed by atoms with Crippen molar-refractivity contribution in [1.82, 2.24) is 0 Å². The van der Waals surface area contributed by atoms with Crippen molar-refractivity contribution in [2.45, 2.75) is 0 Å². The number of ether oxygens (including phenoxy) is 1. The minimum absolute atomic E-state index is 0.0603. The lowest BCUT2D eigenvalue weighted by molar-refractivity contribution is -0.113. The summed E-state index contributed by atoms with van der Waals surface area (Å²) in [6.45, 7) is 0. The fourth-order valence-corrected chi connectivity index (χ4v) is 3.96. The molecule has 3 nitrogen and oxygen atoms in total. The molecule has 29 heavy (non-hydrogen) atoms. The van der Waals surface area contributed by atoms with Gasteiger partial charge in [-0.3, -0.25) is 9.69 Å². The number of hydrogen-bond donors (Lipinski definition) is 0. The van der Waals surface area contributed by atoms with Crippen LogP contribution in [0.15, 0.2) is 84.4 Å². The van der Waals surface area contributed by atoms with Crippen LogP contribution in [0.5, 0.6) is 5.75 Å². The van der Waals surface area contributed by atoms with Crippen LogP contribution in [0.25, 0.3) is 11.8 Å². The summed E-state index contributed by atoms with van der Waals surface area (Å²) in [7, 11) is 1.63. The molecule has 0 fully saturated rings. The largest absolute Gasteiger partial charge is 0.497 e. The predicted octanol–water partition coefficient (Wildman–Crippen LogP) is 6.42. The summed E-state index contributed by atoms with van der Waals surface area (Å²) in [5, 5.41) is 0.661. The Balaban J connectivity index is 1.81. The summed E-state index contributed by atoms with van der Waals surface area (Å²) in [5.41, 5.74) is 4.18. The van der Waals surface area contributed by atoms with Gasteiger partial charge in [0.05, 0.1) is 18.5 Å². The second-order valence-corrected chi connectivity index (χ2v) is 8.10. The van der Waals surface area contributed by atoms with E-state index in [-0.39, 0.29) is 5.91 Å². The van der Waals surface area contributed by atoms with Crippen LogP contribution in [0, 0.1) is 3.57 Å². The second kappa shape index (κ2) is 8.43. The average Bonchev–Trinajstić information content (AvgIpc) is 3.05. The van der Waals surface area contributed by atoms with E-state index in [2.05, 4.69) is 22.6 Å². The highest BCUT2D eigenvalue weighted by Crippen LogP contribution is 2.37. The Kier molecular flexibility index (Phi) is 5.74. The first kappa shape index (κ1) is 19.7. The number of anilines is 1. The van der Waals surface area contributed by atoms with Crippen LogP contribution in [-0.2, 0) is 4.79 Å². The Hall–Kier alpha value is -2.57. The SMILES string of the molecule is COc1ccc(/C=C2/C=C(c3ccc(Cl)cc3)N(c3ccccc3I)C2=O)cc1. The summed E-state index contributed by atoms with van der Waals surface area (Å²) in [4.78, 5) is 15.2. The van der Waals surface area contributed by atoms with Gasteiger partial charge in [-0.15, -0.1) is 0 Å². The molecule has 0 atom stereocenters. The number of nitrogens with zero attached hydrogens (tertiary/aromatic N) is 1. The number of benzene rings is 3. The van der Waals surface area contributed by atoms with Crippen LogP contribution in [-0.4, -0.2) is 13.0 Å². The van der Waals surface area contributed by atoms with Crippen LogP contribution >= 0.6 is 34.2 Å². The topological polar surface area (TPSA) is 29.5 Å². The molecular formula is C24H17ClINO2. The zero-order valence-electron chi connectivity index (χ0n) is 15.6. The molecule has 3 aromatic carbocycles. The molecule has 0 saturated carbocycles. The fraction of sp³-hybridized carbons (Fsp3) is 0.0417. The molecule has 144 valence electrons. The van der Waals surface area contributed by atoms with Gasteiger partial charge in [0.1, 0.15) is 5.75 Å². The minimum Gasteiger partial charge on any atom is -0.497 e. The molecule has 1 aliphatic heterocycles. The summed E-state index contributed by atoms with van der Waals surface area (Å²) in [5.74, 6) is 0.720. The molecule has 0 aromatic heterocycles. The number of amides is 1. The molecule has 1 aliphatic rings. The maximum absolute atomic E-state index is 13.4. The van der Waals surface area contributed by atoms with E-state index in [0.29, 0.717) is 10.6 Å². The van der Waals surface area contributed by atoms with E-state index in [0.717, 1.165) is 31.8 Å². The number of carbonyl (C=O) groups excluding carboxylic acids is 1. The molecule has 0 radical (unpaired) electrons. The van der Waals surface area contributed by atoms with E-state index >= 15 is 0 Å². The van der Waals surface area contributed by atoms with Crippen molar-refractivity contribution < 1.29 is 9.53 Å². The third-order valence-electron chi connectivity index (χ3n) is 4.65. The molecule has 0 aliphatic carbocycles. The number of para-hydroxylation sites is 1. The zero-order valence-corrected chi connectivity index (χ0v) is 18.5. The van der Waals surface area contributed by atoms with E-state index in [9.17, 15) is 4.79 Å². The first-order valence-corrected chi connectivity index (χ1v) is 10.4. The zero-order chi connectivity index (χ0) is 20.4. The first-order chi connectivity index (χ1) is 14.1. The van der Waals surface area contributed by atoms with Gasteiger partial charge in [-0.2, -0.15) is 0 Å². The standard InChI is InChI=1S/C24H17ClINO2/c1-29-20-12-6-16(7-13-20)14-18-15-23(17-8-10-19(25)11-9-17)27(24(18)28)22-5-3-2-4-21(22)26/h2-15H,1H3/b18-14-. The summed E-state index contributed by atoms with van der Waals surface area (Å²) < 4.78 is 6.22. The molecule has 1 heterocycles. The summed E-state index contributed by atoms with van der Waals surface area (Å²) >= 11 is 8.32. The van der Waals surface area contributed by atoms with E-state index in [1.165, 1.54) is 0 Å². The lowest BCUT2D eigenvalue weighted by atomic mass is 10.1. The molecule has 0 spiro atoms. The van der Waals surface area contributed by atoms with Crippen molar-refractivity contribution in [3.05, 3.63) is 104 Å². The lowest BCUT2D eigenvalue weighted by Gasteiger charge is -2.22. The monoisotopic (exact) mass is 513 g/mol. The Morgan fingerprint density at radius 1 is 0.966 bits per heavy atom. The second-order valence-electron chi connectivity index (χ2n) is 6.50. The normalized spacial score (nSPS) is 15.0. The smallest absolute Gasteiger partial charge is 0.262 e. The van der Waals surface area contributed by atoms with Crippen LogP contribution in [0.1, 0.15) is 11.1 Å². The van der Waals surface area contributed by atoms with Crippen LogP contribution < -0.4 is 9.64 Å². The van der Waals surface area contributed by atoms with Gasteiger partial charge in [0.15, 0.2) is 0 Å². The van der Waals surface area contributed by atoms with Crippen LogP contribution in [0.3, 0.4) is 0 Å². The highest BCUT2D eigenvalue weighted by molar-refractivity contribution is 14.1. The predicted molar refractivity (Wildman–Crippen MR) is 127 cm³/mol.